The van der Waals surface area contributed by atoms with Crippen LogP contribution in [0.2, 0.25) is 0 Å². The zero-order valence-electron chi connectivity index (χ0n) is 9.55. The van der Waals surface area contributed by atoms with Crippen LogP contribution in [0.5, 0.6) is 0 Å². The summed E-state index contributed by atoms with van der Waals surface area (Å²) in [6.45, 7) is 5.66. The second kappa shape index (κ2) is 4.13. The van der Waals surface area contributed by atoms with Crippen molar-refractivity contribution >= 4 is 17.6 Å². The normalized spacial score (nSPS) is 25.8. The third-order valence-electron chi connectivity index (χ3n) is 2.49. The van der Waals surface area contributed by atoms with Gasteiger partial charge in [0.15, 0.2) is 0 Å². The first-order valence-corrected chi connectivity index (χ1v) is 5.35. The van der Waals surface area contributed by atoms with Crippen LogP contribution >= 0.6 is 0 Å². The lowest BCUT2D eigenvalue weighted by Crippen LogP contribution is -2.45. The predicted molar refractivity (Wildman–Crippen MR) is 63.1 cm³/mol. The van der Waals surface area contributed by atoms with Crippen molar-refractivity contribution in [1.82, 2.24) is 9.97 Å². The molecule has 6 heteroatoms. The molecule has 1 aliphatic heterocycles. The van der Waals surface area contributed by atoms with Gasteiger partial charge >= 0.3 is 0 Å². The van der Waals surface area contributed by atoms with Crippen molar-refractivity contribution in [3.05, 3.63) is 6.07 Å². The molecule has 0 bridgehead atoms. The van der Waals surface area contributed by atoms with Gasteiger partial charge in [-0.05, 0) is 13.8 Å². The Bertz CT molecular complexity index is 353. The van der Waals surface area contributed by atoms with E-state index in [2.05, 4.69) is 14.9 Å². The molecular weight excluding hydrogens is 206 g/mol. The van der Waals surface area contributed by atoms with Gasteiger partial charge in [-0.25, -0.2) is 0 Å². The van der Waals surface area contributed by atoms with Crippen LogP contribution < -0.4 is 16.4 Å². The molecule has 88 valence electrons. The van der Waals surface area contributed by atoms with Crippen molar-refractivity contribution in [3.8, 4) is 0 Å². The average molecular weight is 223 g/mol. The van der Waals surface area contributed by atoms with Gasteiger partial charge in [0.2, 0.25) is 5.95 Å². The van der Waals surface area contributed by atoms with Gasteiger partial charge in [0.25, 0.3) is 0 Å². The summed E-state index contributed by atoms with van der Waals surface area (Å²) in [4.78, 5) is 10.2. The molecule has 1 aromatic rings. The summed E-state index contributed by atoms with van der Waals surface area (Å²) in [5.74, 6) is 1.38. The molecule has 0 aromatic carbocycles. The number of aromatic nitrogens is 2. The molecule has 16 heavy (non-hydrogen) atoms. The summed E-state index contributed by atoms with van der Waals surface area (Å²) in [5, 5.41) is 0. The summed E-state index contributed by atoms with van der Waals surface area (Å²) >= 11 is 0. The first-order valence-electron chi connectivity index (χ1n) is 5.35. The topological polar surface area (TPSA) is 90.3 Å². The lowest BCUT2D eigenvalue weighted by Gasteiger charge is -2.36. The van der Waals surface area contributed by atoms with E-state index in [1.54, 1.807) is 6.07 Å². The molecule has 1 aliphatic rings. The molecule has 0 radical (unpaired) electrons. The minimum Gasteiger partial charge on any atom is -0.383 e. The Hall–Kier alpha value is -1.56. The molecule has 0 spiro atoms. The Morgan fingerprint density at radius 1 is 1.25 bits per heavy atom. The maximum atomic E-state index is 5.65. The van der Waals surface area contributed by atoms with Crippen LogP contribution in [0.4, 0.5) is 17.6 Å². The van der Waals surface area contributed by atoms with E-state index >= 15 is 0 Å². The van der Waals surface area contributed by atoms with Gasteiger partial charge in [-0.1, -0.05) is 0 Å². The summed E-state index contributed by atoms with van der Waals surface area (Å²) in [6, 6.07) is 1.74. The standard InChI is InChI=1S/C10H17N5O/c1-6-4-15(5-7(2)16-6)9-3-8(11)13-10(12)14-9/h3,6-7H,4-5H2,1-2H3,(H4,11,12,13,14)/t6-,7+. The largest absolute Gasteiger partial charge is 0.383 e. The van der Waals surface area contributed by atoms with E-state index in [0.717, 1.165) is 18.9 Å². The molecule has 4 N–H and O–H groups in total. The lowest BCUT2D eigenvalue weighted by molar-refractivity contribution is -0.00545. The SMILES string of the molecule is C[C@@H]1CN(c2cc(N)nc(N)n2)C[C@H](C)O1. The minimum atomic E-state index is 0.182. The van der Waals surface area contributed by atoms with Crippen LogP contribution in [-0.4, -0.2) is 35.3 Å². The fraction of sp³-hybridized carbons (Fsp3) is 0.600. The molecule has 1 saturated heterocycles. The highest BCUT2D eigenvalue weighted by Crippen LogP contribution is 2.20. The minimum absolute atomic E-state index is 0.182. The van der Waals surface area contributed by atoms with Gasteiger partial charge in [0, 0.05) is 19.2 Å². The number of hydrogen-bond donors (Lipinski definition) is 2. The predicted octanol–water partition coefficient (Wildman–Crippen LogP) is 0.255. The molecule has 0 amide bonds. The smallest absolute Gasteiger partial charge is 0.223 e. The second-order valence-corrected chi connectivity index (χ2v) is 4.17. The Kier molecular flexibility index (Phi) is 2.82. The number of anilines is 3. The second-order valence-electron chi connectivity index (χ2n) is 4.17. The Morgan fingerprint density at radius 2 is 1.88 bits per heavy atom. The number of morpholine rings is 1. The number of nitrogens with two attached hydrogens (primary N) is 2. The molecule has 0 aliphatic carbocycles. The molecular formula is C10H17N5O. The molecule has 1 aromatic heterocycles. The van der Waals surface area contributed by atoms with Crippen molar-refractivity contribution in [3.63, 3.8) is 0 Å². The fourth-order valence-corrected chi connectivity index (χ4v) is 2.00. The monoisotopic (exact) mass is 223 g/mol. The van der Waals surface area contributed by atoms with E-state index in [-0.39, 0.29) is 18.2 Å². The highest BCUT2D eigenvalue weighted by atomic mass is 16.5. The zero-order valence-corrected chi connectivity index (χ0v) is 9.55. The number of ether oxygens (including phenoxy) is 1. The molecule has 2 rings (SSSR count). The van der Waals surface area contributed by atoms with E-state index < -0.39 is 0 Å². The quantitative estimate of drug-likeness (QED) is 0.709. The highest BCUT2D eigenvalue weighted by molar-refractivity contribution is 5.50. The van der Waals surface area contributed by atoms with Crippen LogP contribution in [0.15, 0.2) is 6.07 Å². The van der Waals surface area contributed by atoms with E-state index in [1.165, 1.54) is 0 Å². The van der Waals surface area contributed by atoms with E-state index in [1.807, 2.05) is 13.8 Å². The van der Waals surface area contributed by atoms with Crippen LogP contribution in [-0.2, 0) is 4.74 Å². The molecule has 0 saturated carbocycles. The first-order chi connectivity index (χ1) is 7.54. The van der Waals surface area contributed by atoms with E-state index in [0.29, 0.717) is 5.82 Å². The molecule has 2 heterocycles. The summed E-state index contributed by atoms with van der Waals surface area (Å²) < 4.78 is 5.65. The van der Waals surface area contributed by atoms with Gasteiger partial charge < -0.3 is 21.1 Å². The van der Waals surface area contributed by atoms with Gasteiger partial charge in [0.1, 0.15) is 11.6 Å². The number of nitrogen functional groups attached to an aromatic ring is 2. The summed E-state index contributed by atoms with van der Waals surface area (Å²) in [6.07, 6.45) is 0.363. The summed E-state index contributed by atoms with van der Waals surface area (Å²) in [7, 11) is 0. The first kappa shape index (κ1) is 10.9. The van der Waals surface area contributed by atoms with E-state index in [4.69, 9.17) is 16.2 Å². The van der Waals surface area contributed by atoms with Gasteiger partial charge in [-0.15, -0.1) is 0 Å². The maximum Gasteiger partial charge on any atom is 0.223 e. The number of nitrogens with zero attached hydrogens (tertiary/aromatic N) is 3. The molecule has 1 fully saturated rings. The van der Waals surface area contributed by atoms with Crippen molar-refractivity contribution in [1.29, 1.82) is 0 Å². The van der Waals surface area contributed by atoms with Crippen molar-refractivity contribution in [2.24, 2.45) is 0 Å². The Morgan fingerprint density at radius 3 is 2.44 bits per heavy atom. The Balaban J connectivity index is 2.22. The maximum absolute atomic E-state index is 5.65. The average Bonchev–Trinajstić information content (AvgIpc) is 2.14. The van der Waals surface area contributed by atoms with Crippen LogP contribution in [0.3, 0.4) is 0 Å². The number of hydrogen-bond acceptors (Lipinski definition) is 6. The van der Waals surface area contributed by atoms with Crippen molar-refractivity contribution in [2.75, 3.05) is 29.5 Å². The molecule has 2 atom stereocenters. The van der Waals surface area contributed by atoms with Gasteiger partial charge in [0.05, 0.1) is 12.2 Å². The molecule has 0 unspecified atom stereocenters. The highest BCUT2D eigenvalue weighted by Gasteiger charge is 2.23. The zero-order chi connectivity index (χ0) is 11.7. The fourth-order valence-electron chi connectivity index (χ4n) is 2.00. The van der Waals surface area contributed by atoms with Gasteiger partial charge in [-0.3, -0.25) is 0 Å². The third kappa shape index (κ3) is 2.33. The lowest BCUT2D eigenvalue weighted by atomic mass is 10.2. The number of rotatable bonds is 1. The van der Waals surface area contributed by atoms with Gasteiger partial charge in [-0.2, -0.15) is 9.97 Å². The van der Waals surface area contributed by atoms with E-state index in [9.17, 15) is 0 Å². The summed E-state index contributed by atoms with van der Waals surface area (Å²) in [5.41, 5.74) is 11.2. The molecule has 6 nitrogen and oxygen atoms in total. The van der Waals surface area contributed by atoms with Crippen LogP contribution in [0.1, 0.15) is 13.8 Å². The Labute approximate surface area is 94.6 Å². The van der Waals surface area contributed by atoms with Crippen molar-refractivity contribution in [2.45, 2.75) is 26.1 Å². The third-order valence-corrected chi connectivity index (χ3v) is 2.49. The van der Waals surface area contributed by atoms with Crippen LogP contribution in [0.25, 0.3) is 0 Å². The van der Waals surface area contributed by atoms with Crippen molar-refractivity contribution < 1.29 is 4.74 Å². The van der Waals surface area contributed by atoms with Crippen LogP contribution in [0, 0.1) is 0 Å².